The van der Waals surface area contributed by atoms with Crippen molar-refractivity contribution in [2.45, 2.75) is 19.4 Å². The molecule has 0 aliphatic heterocycles. The first-order valence-electron chi connectivity index (χ1n) is 6.70. The summed E-state index contributed by atoms with van der Waals surface area (Å²) in [5.41, 5.74) is 7.16. The summed E-state index contributed by atoms with van der Waals surface area (Å²) in [5.74, 6) is 0.501. The van der Waals surface area contributed by atoms with Crippen molar-refractivity contribution in [2.24, 2.45) is 5.73 Å². The van der Waals surface area contributed by atoms with Gasteiger partial charge < -0.3 is 10.5 Å². The van der Waals surface area contributed by atoms with Gasteiger partial charge in [-0.15, -0.1) is 0 Å². The van der Waals surface area contributed by atoms with Crippen LogP contribution >= 0.6 is 0 Å². The molecule has 0 aliphatic rings. The Morgan fingerprint density at radius 1 is 1.19 bits per heavy atom. The van der Waals surface area contributed by atoms with Crippen LogP contribution in [0.2, 0.25) is 0 Å². The number of fused-ring (bicyclic) bond motifs is 1. The Morgan fingerprint density at radius 2 is 1.95 bits per heavy atom. The van der Waals surface area contributed by atoms with Gasteiger partial charge >= 0.3 is 0 Å². The van der Waals surface area contributed by atoms with Crippen molar-refractivity contribution < 1.29 is 4.74 Å². The highest BCUT2D eigenvalue weighted by atomic mass is 16.5. The Bertz CT molecular complexity index is 746. The lowest BCUT2D eigenvalue weighted by Crippen LogP contribution is -2.38. The molecular formula is C15H17N5O. The maximum absolute atomic E-state index is 5.93. The molecule has 3 aromatic rings. The van der Waals surface area contributed by atoms with E-state index in [2.05, 4.69) is 15.1 Å². The fourth-order valence-electron chi connectivity index (χ4n) is 1.95. The van der Waals surface area contributed by atoms with Crippen LogP contribution in [0.3, 0.4) is 0 Å². The van der Waals surface area contributed by atoms with Crippen molar-refractivity contribution in [1.82, 2.24) is 19.7 Å². The van der Waals surface area contributed by atoms with E-state index in [1.807, 2.05) is 44.2 Å². The molecule has 108 valence electrons. The molecule has 0 amide bonds. The molecule has 2 aromatic heterocycles. The molecule has 0 unspecified atom stereocenters. The summed E-state index contributed by atoms with van der Waals surface area (Å²) < 4.78 is 7.46. The maximum Gasteiger partial charge on any atom is 0.227 e. The zero-order valence-corrected chi connectivity index (χ0v) is 12.0. The van der Waals surface area contributed by atoms with Gasteiger partial charge in [0.2, 0.25) is 5.88 Å². The van der Waals surface area contributed by atoms with E-state index in [-0.39, 0.29) is 0 Å². The fraction of sp³-hybridized carbons (Fsp3) is 0.267. The lowest BCUT2D eigenvalue weighted by Gasteiger charge is -2.18. The van der Waals surface area contributed by atoms with Gasteiger partial charge in [0.25, 0.3) is 0 Å². The zero-order chi connectivity index (χ0) is 14.9. The van der Waals surface area contributed by atoms with Crippen LogP contribution in [-0.2, 0) is 0 Å². The van der Waals surface area contributed by atoms with Crippen molar-refractivity contribution in [3.05, 3.63) is 42.9 Å². The second-order valence-electron chi connectivity index (χ2n) is 5.59. The van der Waals surface area contributed by atoms with E-state index in [0.717, 1.165) is 11.1 Å². The summed E-state index contributed by atoms with van der Waals surface area (Å²) in [6.07, 6.45) is 3.18. The second kappa shape index (κ2) is 5.14. The number of nitrogens with two attached hydrogens (primary N) is 1. The molecule has 0 saturated carbocycles. The normalized spacial score (nSPS) is 11.8. The summed E-state index contributed by atoms with van der Waals surface area (Å²) in [4.78, 5) is 8.48. The molecule has 0 fully saturated rings. The summed E-state index contributed by atoms with van der Waals surface area (Å²) in [6, 6.07) is 9.81. The second-order valence-corrected chi connectivity index (χ2v) is 5.59. The standard InChI is InChI=1S/C15H17N5O/c1-15(2,16)9-21-14-12-8-19-20(13(12)17-10-18-14)11-6-4-3-5-7-11/h3-8,10H,9,16H2,1-2H3. The van der Waals surface area contributed by atoms with Crippen LogP contribution in [0.1, 0.15) is 13.8 Å². The molecule has 6 nitrogen and oxygen atoms in total. The third kappa shape index (κ3) is 2.85. The highest BCUT2D eigenvalue weighted by Crippen LogP contribution is 2.23. The highest BCUT2D eigenvalue weighted by Gasteiger charge is 2.16. The summed E-state index contributed by atoms with van der Waals surface area (Å²) in [6.45, 7) is 4.17. The van der Waals surface area contributed by atoms with E-state index in [1.54, 1.807) is 10.9 Å². The van der Waals surface area contributed by atoms with E-state index in [4.69, 9.17) is 10.5 Å². The molecule has 0 aliphatic carbocycles. The average Bonchev–Trinajstić information content (AvgIpc) is 2.89. The minimum atomic E-state index is -0.424. The Morgan fingerprint density at radius 3 is 2.67 bits per heavy atom. The number of nitrogens with zero attached hydrogens (tertiary/aromatic N) is 4. The molecule has 1 aromatic carbocycles. The van der Waals surface area contributed by atoms with Crippen LogP contribution in [0.25, 0.3) is 16.7 Å². The highest BCUT2D eigenvalue weighted by molar-refractivity contribution is 5.81. The number of hydrogen-bond donors (Lipinski definition) is 1. The molecule has 2 heterocycles. The maximum atomic E-state index is 5.93. The van der Waals surface area contributed by atoms with Gasteiger partial charge in [-0.1, -0.05) is 18.2 Å². The molecule has 0 radical (unpaired) electrons. The number of rotatable bonds is 4. The monoisotopic (exact) mass is 283 g/mol. The van der Waals surface area contributed by atoms with Gasteiger partial charge in [0.05, 0.1) is 11.9 Å². The minimum absolute atomic E-state index is 0.371. The van der Waals surface area contributed by atoms with Gasteiger partial charge in [-0.05, 0) is 26.0 Å². The average molecular weight is 283 g/mol. The number of ether oxygens (including phenoxy) is 1. The van der Waals surface area contributed by atoms with E-state index in [9.17, 15) is 0 Å². The van der Waals surface area contributed by atoms with Crippen LogP contribution in [0.5, 0.6) is 5.88 Å². The molecule has 21 heavy (non-hydrogen) atoms. The zero-order valence-electron chi connectivity index (χ0n) is 12.0. The van der Waals surface area contributed by atoms with Gasteiger partial charge in [0.1, 0.15) is 18.3 Å². The molecule has 0 bridgehead atoms. The van der Waals surface area contributed by atoms with E-state index < -0.39 is 5.54 Å². The van der Waals surface area contributed by atoms with Crippen molar-refractivity contribution in [3.8, 4) is 11.6 Å². The molecule has 0 atom stereocenters. The van der Waals surface area contributed by atoms with E-state index in [1.165, 1.54) is 6.33 Å². The van der Waals surface area contributed by atoms with Crippen LogP contribution in [0.4, 0.5) is 0 Å². The van der Waals surface area contributed by atoms with Crippen molar-refractivity contribution in [1.29, 1.82) is 0 Å². The van der Waals surface area contributed by atoms with Crippen LogP contribution in [-0.4, -0.2) is 31.9 Å². The van der Waals surface area contributed by atoms with Crippen LogP contribution < -0.4 is 10.5 Å². The molecule has 6 heteroatoms. The van der Waals surface area contributed by atoms with Crippen LogP contribution in [0.15, 0.2) is 42.9 Å². The number of aromatic nitrogens is 4. The molecular weight excluding hydrogens is 266 g/mol. The molecule has 3 rings (SSSR count). The summed E-state index contributed by atoms with van der Waals surface area (Å²) >= 11 is 0. The SMILES string of the molecule is CC(C)(N)COc1ncnc2c1cnn2-c1ccccc1. The predicted molar refractivity (Wildman–Crippen MR) is 80.4 cm³/mol. The number of para-hydroxylation sites is 1. The minimum Gasteiger partial charge on any atom is -0.475 e. The Labute approximate surface area is 122 Å². The lowest BCUT2D eigenvalue weighted by atomic mass is 10.1. The van der Waals surface area contributed by atoms with Gasteiger partial charge in [-0.2, -0.15) is 5.10 Å². The quantitative estimate of drug-likeness (QED) is 0.791. The summed E-state index contributed by atoms with van der Waals surface area (Å²) in [7, 11) is 0. The van der Waals surface area contributed by atoms with E-state index >= 15 is 0 Å². The van der Waals surface area contributed by atoms with Crippen LogP contribution in [0, 0.1) is 0 Å². The Balaban J connectivity index is 2.01. The first-order valence-corrected chi connectivity index (χ1v) is 6.70. The molecule has 2 N–H and O–H groups in total. The van der Waals surface area contributed by atoms with Gasteiger partial charge in [0, 0.05) is 5.54 Å². The van der Waals surface area contributed by atoms with Gasteiger partial charge in [0.15, 0.2) is 5.65 Å². The fourth-order valence-corrected chi connectivity index (χ4v) is 1.95. The molecule has 0 spiro atoms. The number of benzene rings is 1. The smallest absolute Gasteiger partial charge is 0.227 e. The van der Waals surface area contributed by atoms with Crippen molar-refractivity contribution >= 4 is 11.0 Å². The van der Waals surface area contributed by atoms with Crippen molar-refractivity contribution in [3.63, 3.8) is 0 Å². The van der Waals surface area contributed by atoms with E-state index in [0.29, 0.717) is 18.1 Å². The van der Waals surface area contributed by atoms with Gasteiger partial charge in [-0.25, -0.2) is 14.6 Å². The van der Waals surface area contributed by atoms with Gasteiger partial charge in [-0.3, -0.25) is 0 Å². The Hall–Kier alpha value is -2.47. The molecule has 0 saturated heterocycles. The van der Waals surface area contributed by atoms with Crippen molar-refractivity contribution in [2.75, 3.05) is 6.61 Å². The first-order chi connectivity index (χ1) is 10.0. The lowest BCUT2D eigenvalue weighted by molar-refractivity contribution is 0.238. The topological polar surface area (TPSA) is 78.8 Å². The first kappa shape index (κ1) is 13.5. The third-order valence-electron chi connectivity index (χ3n) is 2.91. The number of hydrogen-bond acceptors (Lipinski definition) is 5. The third-order valence-corrected chi connectivity index (χ3v) is 2.91. The largest absolute Gasteiger partial charge is 0.475 e. The predicted octanol–water partition coefficient (Wildman–Crippen LogP) is 1.93. The summed E-state index contributed by atoms with van der Waals surface area (Å²) in [5, 5.41) is 5.14. The Kier molecular flexibility index (Phi) is 3.31.